The van der Waals surface area contributed by atoms with Gasteiger partial charge in [-0.05, 0) is 30.7 Å². The smallest absolute Gasteiger partial charge is 0.151 e. The molecule has 1 aromatic rings. The molecule has 1 saturated heterocycles. The van der Waals surface area contributed by atoms with Gasteiger partial charge in [0.25, 0.3) is 0 Å². The van der Waals surface area contributed by atoms with Crippen LogP contribution >= 0.6 is 0 Å². The van der Waals surface area contributed by atoms with Crippen LogP contribution in [0.1, 0.15) is 18.9 Å². The second-order valence-electron chi connectivity index (χ2n) is 5.46. The maximum atomic E-state index is 12.8. The van der Waals surface area contributed by atoms with E-state index < -0.39 is 0 Å². The SMILES string of the molecule is CCCN1CCN(CC(=O)Cc2ccc(F)cc2)CC1. The van der Waals surface area contributed by atoms with E-state index in [1.165, 1.54) is 18.6 Å². The number of rotatable bonds is 6. The zero-order chi connectivity index (χ0) is 14.4. The average Bonchev–Trinajstić information content (AvgIpc) is 2.44. The van der Waals surface area contributed by atoms with Crippen LogP contribution in [0.15, 0.2) is 24.3 Å². The lowest BCUT2D eigenvalue weighted by Crippen LogP contribution is -2.48. The standard InChI is InChI=1S/C16H23FN2O/c1-2-7-18-8-10-19(11-9-18)13-16(20)12-14-3-5-15(17)6-4-14/h3-6H,2,7-13H2,1H3. The summed E-state index contributed by atoms with van der Waals surface area (Å²) in [4.78, 5) is 16.7. The van der Waals surface area contributed by atoms with Crippen molar-refractivity contribution in [1.29, 1.82) is 0 Å². The maximum absolute atomic E-state index is 12.8. The van der Waals surface area contributed by atoms with Crippen LogP contribution in [0.5, 0.6) is 0 Å². The summed E-state index contributed by atoms with van der Waals surface area (Å²) >= 11 is 0. The van der Waals surface area contributed by atoms with Crippen molar-refractivity contribution in [2.75, 3.05) is 39.3 Å². The Bertz CT molecular complexity index is 425. The van der Waals surface area contributed by atoms with Gasteiger partial charge < -0.3 is 4.90 Å². The van der Waals surface area contributed by atoms with E-state index in [2.05, 4.69) is 16.7 Å². The molecule has 0 aromatic heterocycles. The fraction of sp³-hybridized carbons (Fsp3) is 0.562. The van der Waals surface area contributed by atoms with Gasteiger partial charge in [0.05, 0.1) is 6.54 Å². The van der Waals surface area contributed by atoms with E-state index in [4.69, 9.17) is 0 Å². The highest BCUT2D eigenvalue weighted by atomic mass is 19.1. The lowest BCUT2D eigenvalue weighted by molar-refractivity contribution is -0.120. The van der Waals surface area contributed by atoms with Crippen molar-refractivity contribution >= 4 is 5.78 Å². The maximum Gasteiger partial charge on any atom is 0.151 e. The van der Waals surface area contributed by atoms with Gasteiger partial charge in [-0.1, -0.05) is 19.1 Å². The molecule has 0 bridgehead atoms. The number of hydrogen-bond donors (Lipinski definition) is 0. The van der Waals surface area contributed by atoms with E-state index in [1.807, 2.05) is 0 Å². The Morgan fingerprint density at radius 3 is 2.30 bits per heavy atom. The van der Waals surface area contributed by atoms with E-state index in [1.54, 1.807) is 12.1 Å². The van der Waals surface area contributed by atoms with Crippen molar-refractivity contribution in [2.45, 2.75) is 19.8 Å². The van der Waals surface area contributed by atoms with Gasteiger partial charge in [0, 0.05) is 32.6 Å². The summed E-state index contributed by atoms with van der Waals surface area (Å²) in [6.45, 7) is 7.90. The number of ketones is 1. The minimum atomic E-state index is -0.256. The van der Waals surface area contributed by atoms with Crippen LogP contribution in [0.25, 0.3) is 0 Å². The molecule has 0 radical (unpaired) electrons. The monoisotopic (exact) mass is 278 g/mol. The first-order chi connectivity index (χ1) is 9.67. The van der Waals surface area contributed by atoms with E-state index in [0.29, 0.717) is 13.0 Å². The Hall–Kier alpha value is -1.26. The fourth-order valence-corrected chi connectivity index (χ4v) is 2.62. The zero-order valence-electron chi connectivity index (χ0n) is 12.1. The number of nitrogens with zero attached hydrogens (tertiary/aromatic N) is 2. The zero-order valence-corrected chi connectivity index (χ0v) is 12.1. The van der Waals surface area contributed by atoms with Gasteiger partial charge in [-0.3, -0.25) is 9.69 Å². The number of Topliss-reactive ketones (excluding diaryl/α,β-unsaturated/α-hetero) is 1. The second-order valence-corrected chi connectivity index (χ2v) is 5.46. The summed E-state index contributed by atoms with van der Waals surface area (Å²) in [5.41, 5.74) is 0.890. The number of hydrogen-bond acceptors (Lipinski definition) is 3. The third kappa shape index (κ3) is 4.69. The molecule has 1 fully saturated rings. The summed E-state index contributed by atoms with van der Waals surface area (Å²) in [6.07, 6.45) is 1.58. The highest BCUT2D eigenvalue weighted by Gasteiger charge is 2.18. The number of carbonyl (C=O) groups excluding carboxylic acids is 1. The van der Waals surface area contributed by atoms with Crippen molar-refractivity contribution in [1.82, 2.24) is 9.80 Å². The van der Waals surface area contributed by atoms with Crippen LogP contribution < -0.4 is 0 Å². The summed E-state index contributed by atoms with van der Waals surface area (Å²) in [5.74, 6) is -0.0474. The third-order valence-corrected chi connectivity index (χ3v) is 3.72. The molecule has 0 spiro atoms. The van der Waals surface area contributed by atoms with Gasteiger partial charge >= 0.3 is 0 Å². The molecule has 1 aliphatic heterocycles. The average molecular weight is 278 g/mol. The van der Waals surface area contributed by atoms with E-state index in [9.17, 15) is 9.18 Å². The first-order valence-electron chi connectivity index (χ1n) is 7.38. The number of carbonyl (C=O) groups is 1. The minimum Gasteiger partial charge on any atom is -0.301 e. The molecule has 20 heavy (non-hydrogen) atoms. The van der Waals surface area contributed by atoms with Crippen LogP contribution in [-0.2, 0) is 11.2 Å². The third-order valence-electron chi connectivity index (χ3n) is 3.72. The highest BCUT2D eigenvalue weighted by Crippen LogP contribution is 2.06. The minimum absolute atomic E-state index is 0.209. The summed E-state index contributed by atoms with van der Waals surface area (Å²) in [7, 11) is 0. The normalized spacial score (nSPS) is 17.3. The predicted octanol–water partition coefficient (Wildman–Crippen LogP) is 1.96. The van der Waals surface area contributed by atoms with Crippen LogP contribution in [0.4, 0.5) is 4.39 Å². The molecular weight excluding hydrogens is 255 g/mol. The molecule has 110 valence electrons. The van der Waals surface area contributed by atoms with Gasteiger partial charge in [0.2, 0.25) is 0 Å². The molecule has 1 heterocycles. The van der Waals surface area contributed by atoms with Crippen LogP contribution in [0, 0.1) is 5.82 Å². The quantitative estimate of drug-likeness (QED) is 0.795. The second kappa shape index (κ2) is 7.50. The molecule has 0 N–H and O–H groups in total. The van der Waals surface area contributed by atoms with Crippen LogP contribution in [0.2, 0.25) is 0 Å². The van der Waals surface area contributed by atoms with Gasteiger partial charge in [-0.25, -0.2) is 4.39 Å². The Balaban J connectivity index is 1.74. The summed E-state index contributed by atoms with van der Waals surface area (Å²) < 4.78 is 12.8. The van der Waals surface area contributed by atoms with Gasteiger partial charge in [0.15, 0.2) is 5.78 Å². The first-order valence-corrected chi connectivity index (χ1v) is 7.38. The molecule has 0 aliphatic carbocycles. The molecule has 0 amide bonds. The van der Waals surface area contributed by atoms with Crippen molar-refractivity contribution in [3.05, 3.63) is 35.6 Å². The Morgan fingerprint density at radius 1 is 1.10 bits per heavy atom. The molecule has 0 atom stereocenters. The number of piperazine rings is 1. The first kappa shape index (κ1) is 15.1. The van der Waals surface area contributed by atoms with Gasteiger partial charge in [0.1, 0.15) is 5.82 Å². The molecule has 1 aromatic carbocycles. The largest absolute Gasteiger partial charge is 0.301 e. The van der Waals surface area contributed by atoms with E-state index >= 15 is 0 Å². The number of benzene rings is 1. The van der Waals surface area contributed by atoms with Crippen molar-refractivity contribution < 1.29 is 9.18 Å². The Morgan fingerprint density at radius 2 is 1.70 bits per heavy atom. The molecule has 0 saturated carbocycles. The molecule has 1 aliphatic rings. The van der Waals surface area contributed by atoms with Crippen LogP contribution in [0.3, 0.4) is 0 Å². The van der Waals surface area contributed by atoms with E-state index in [0.717, 1.165) is 38.3 Å². The van der Waals surface area contributed by atoms with Crippen molar-refractivity contribution in [2.24, 2.45) is 0 Å². The van der Waals surface area contributed by atoms with E-state index in [-0.39, 0.29) is 11.6 Å². The molecular formula is C16H23FN2O. The Labute approximate surface area is 120 Å². The highest BCUT2D eigenvalue weighted by molar-refractivity contribution is 5.82. The number of halogens is 1. The molecule has 4 heteroatoms. The molecule has 2 rings (SSSR count). The fourth-order valence-electron chi connectivity index (χ4n) is 2.62. The molecule has 0 unspecified atom stereocenters. The molecule has 3 nitrogen and oxygen atoms in total. The van der Waals surface area contributed by atoms with Crippen molar-refractivity contribution in [3.8, 4) is 0 Å². The lowest BCUT2D eigenvalue weighted by Gasteiger charge is -2.34. The van der Waals surface area contributed by atoms with Crippen LogP contribution in [-0.4, -0.2) is 54.9 Å². The topological polar surface area (TPSA) is 23.6 Å². The van der Waals surface area contributed by atoms with Crippen molar-refractivity contribution in [3.63, 3.8) is 0 Å². The van der Waals surface area contributed by atoms with Gasteiger partial charge in [-0.2, -0.15) is 0 Å². The Kier molecular flexibility index (Phi) is 5.68. The predicted molar refractivity (Wildman–Crippen MR) is 78.3 cm³/mol. The summed E-state index contributed by atoms with van der Waals surface area (Å²) in [6, 6.07) is 6.19. The summed E-state index contributed by atoms with van der Waals surface area (Å²) in [5, 5.41) is 0. The van der Waals surface area contributed by atoms with Gasteiger partial charge in [-0.15, -0.1) is 0 Å². The lowest BCUT2D eigenvalue weighted by atomic mass is 10.1.